The van der Waals surface area contributed by atoms with Gasteiger partial charge in [0.25, 0.3) is 5.56 Å². The first kappa shape index (κ1) is 24.0. The molecule has 6 nitrogen and oxygen atoms in total. The third-order valence-electron chi connectivity index (χ3n) is 5.70. The van der Waals surface area contributed by atoms with E-state index in [1.165, 1.54) is 11.3 Å². The summed E-state index contributed by atoms with van der Waals surface area (Å²) >= 11 is 2.88. The normalized spacial score (nSPS) is 15.4. The number of esters is 1. The Morgan fingerprint density at radius 3 is 2.47 bits per heavy atom. The summed E-state index contributed by atoms with van der Waals surface area (Å²) in [5.41, 5.74) is 2.21. The Morgan fingerprint density at radius 2 is 1.81 bits per heavy atom. The van der Waals surface area contributed by atoms with Gasteiger partial charge in [0.05, 0.1) is 35.1 Å². The molecular weight excluding hydrogens is 492 g/mol. The van der Waals surface area contributed by atoms with E-state index in [4.69, 9.17) is 14.5 Å². The van der Waals surface area contributed by atoms with Crippen molar-refractivity contribution in [3.05, 3.63) is 113 Å². The van der Waals surface area contributed by atoms with Crippen LogP contribution in [0.3, 0.4) is 0 Å². The van der Waals surface area contributed by atoms with Gasteiger partial charge in [-0.05, 0) is 49.1 Å². The van der Waals surface area contributed by atoms with Gasteiger partial charge in [-0.25, -0.2) is 9.79 Å². The molecular formula is C28H24N2O4S2. The van der Waals surface area contributed by atoms with Crippen molar-refractivity contribution in [2.75, 3.05) is 13.2 Å². The number of thiazole rings is 1. The number of benzene rings is 2. The van der Waals surface area contributed by atoms with Gasteiger partial charge in [0.1, 0.15) is 5.75 Å². The highest BCUT2D eigenvalue weighted by Crippen LogP contribution is 2.35. The number of nitrogens with zero attached hydrogens (tertiary/aromatic N) is 2. The maximum absolute atomic E-state index is 13.7. The molecule has 3 heterocycles. The molecule has 0 spiro atoms. The summed E-state index contributed by atoms with van der Waals surface area (Å²) in [7, 11) is 0. The minimum absolute atomic E-state index is 0.194. The maximum Gasteiger partial charge on any atom is 0.338 e. The minimum atomic E-state index is -0.698. The van der Waals surface area contributed by atoms with Crippen LogP contribution in [-0.4, -0.2) is 23.8 Å². The molecule has 0 aliphatic carbocycles. The third kappa shape index (κ3) is 4.57. The first-order valence-electron chi connectivity index (χ1n) is 11.7. The summed E-state index contributed by atoms with van der Waals surface area (Å²) < 4.78 is 13.3. The highest BCUT2D eigenvalue weighted by Gasteiger charge is 2.35. The van der Waals surface area contributed by atoms with Crippen molar-refractivity contribution in [2.45, 2.75) is 19.9 Å². The van der Waals surface area contributed by atoms with E-state index in [9.17, 15) is 9.59 Å². The van der Waals surface area contributed by atoms with Crippen LogP contribution in [0.4, 0.5) is 0 Å². The molecule has 0 bridgehead atoms. The summed E-state index contributed by atoms with van der Waals surface area (Å²) in [5, 5.41) is 1.97. The van der Waals surface area contributed by atoms with Crippen LogP contribution >= 0.6 is 22.7 Å². The molecule has 0 unspecified atom stereocenters. The van der Waals surface area contributed by atoms with Crippen molar-refractivity contribution < 1.29 is 14.3 Å². The SMILES string of the molecule is CCOC(=O)C1=C(c2ccccc2)N=c2s/c(=C/c3cccs3)c(=O)n2[C@H]1c1ccc(OCC)cc1. The molecule has 1 aliphatic heterocycles. The van der Waals surface area contributed by atoms with Crippen LogP contribution in [0, 0.1) is 0 Å². The fourth-order valence-corrected chi connectivity index (χ4v) is 5.90. The van der Waals surface area contributed by atoms with Gasteiger partial charge in [-0.15, -0.1) is 11.3 Å². The highest BCUT2D eigenvalue weighted by atomic mass is 32.1. The second kappa shape index (κ2) is 10.5. The summed E-state index contributed by atoms with van der Waals surface area (Å²) in [6, 6.07) is 20.2. The quantitative estimate of drug-likeness (QED) is 0.342. The average molecular weight is 517 g/mol. The van der Waals surface area contributed by atoms with E-state index in [1.807, 2.05) is 85.1 Å². The van der Waals surface area contributed by atoms with Crippen molar-refractivity contribution in [1.82, 2.24) is 4.57 Å². The van der Waals surface area contributed by atoms with Gasteiger partial charge in [0, 0.05) is 10.4 Å². The molecule has 8 heteroatoms. The number of rotatable bonds is 7. The summed E-state index contributed by atoms with van der Waals surface area (Å²) in [4.78, 5) is 33.6. The predicted octanol–water partition coefficient (Wildman–Crippen LogP) is 4.40. The average Bonchev–Trinajstić information content (AvgIpc) is 3.52. The Labute approximate surface area is 216 Å². The van der Waals surface area contributed by atoms with Crippen molar-refractivity contribution in [1.29, 1.82) is 0 Å². The number of ether oxygens (including phenoxy) is 2. The molecule has 1 aliphatic rings. The molecule has 36 heavy (non-hydrogen) atoms. The first-order valence-corrected chi connectivity index (χ1v) is 13.3. The van der Waals surface area contributed by atoms with Crippen LogP contribution in [-0.2, 0) is 9.53 Å². The van der Waals surface area contributed by atoms with Crippen LogP contribution in [0.2, 0.25) is 0 Å². The number of carbonyl (C=O) groups excluding carboxylic acids is 1. The zero-order valence-electron chi connectivity index (χ0n) is 19.8. The number of hydrogen-bond acceptors (Lipinski definition) is 7. The summed E-state index contributed by atoms with van der Waals surface area (Å²) in [5.74, 6) is 0.225. The number of carbonyl (C=O) groups is 1. The fourth-order valence-electron chi connectivity index (χ4n) is 4.17. The highest BCUT2D eigenvalue weighted by molar-refractivity contribution is 7.11. The number of hydrogen-bond donors (Lipinski definition) is 0. The molecule has 1 atom stereocenters. The third-order valence-corrected chi connectivity index (χ3v) is 7.50. The largest absolute Gasteiger partial charge is 0.494 e. The van der Waals surface area contributed by atoms with Crippen LogP contribution in [0.5, 0.6) is 5.75 Å². The van der Waals surface area contributed by atoms with E-state index in [0.717, 1.165) is 21.8 Å². The fraction of sp³-hybridized carbons (Fsp3) is 0.179. The predicted molar refractivity (Wildman–Crippen MR) is 143 cm³/mol. The van der Waals surface area contributed by atoms with Crippen LogP contribution in [0.15, 0.2) is 87.5 Å². The van der Waals surface area contributed by atoms with E-state index < -0.39 is 12.0 Å². The number of aromatic nitrogens is 1. The molecule has 0 fully saturated rings. The van der Waals surface area contributed by atoms with Gasteiger partial charge < -0.3 is 9.47 Å². The molecule has 182 valence electrons. The van der Waals surface area contributed by atoms with Gasteiger partial charge >= 0.3 is 5.97 Å². The van der Waals surface area contributed by atoms with E-state index in [0.29, 0.717) is 27.2 Å². The van der Waals surface area contributed by atoms with Crippen molar-refractivity contribution >= 4 is 40.4 Å². The lowest BCUT2D eigenvalue weighted by Gasteiger charge is -2.26. The molecule has 4 aromatic rings. The number of fused-ring (bicyclic) bond motifs is 1. The van der Waals surface area contributed by atoms with Gasteiger partial charge in [-0.3, -0.25) is 9.36 Å². The second-order valence-corrected chi connectivity index (χ2v) is 9.94. The van der Waals surface area contributed by atoms with Gasteiger partial charge in [0.15, 0.2) is 4.80 Å². The lowest BCUT2D eigenvalue weighted by atomic mass is 9.93. The Hall–Kier alpha value is -3.75. The lowest BCUT2D eigenvalue weighted by Crippen LogP contribution is -2.39. The summed E-state index contributed by atoms with van der Waals surface area (Å²) in [6.07, 6.45) is 1.87. The molecule has 0 amide bonds. The standard InChI is InChI=1S/C28H24N2O4S2/c1-3-33-20-14-12-19(13-15-20)25-23(27(32)34-4-2)24(18-9-6-5-7-10-18)29-28-30(25)26(31)22(36-28)17-21-11-8-16-35-21/h5-17,25H,3-4H2,1-2H3/b22-17+/t25-/m0/s1. The summed E-state index contributed by atoms with van der Waals surface area (Å²) in [6.45, 7) is 4.45. The van der Waals surface area contributed by atoms with Crippen LogP contribution in [0.25, 0.3) is 11.8 Å². The molecule has 2 aromatic heterocycles. The van der Waals surface area contributed by atoms with E-state index >= 15 is 0 Å². The molecule has 2 aromatic carbocycles. The van der Waals surface area contributed by atoms with E-state index in [1.54, 1.807) is 22.8 Å². The van der Waals surface area contributed by atoms with E-state index in [2.05, 4.69) is 0 Å². The van der Waals surface area contributed by atoms with Crippen LogP contribution < -0.4 is 19.6 Å². The Morgan fingerprint density at radius 1 is 1.03 bits per heavy atom. The topological polar surface area (TPSA) is 69.9 Å². The zero-order valence-corrected chi connectivity index (χ0v) is 21.5. The first-order chi connectivity index (χ1) is 17.6. The van der Waals surface area contributed by atoms with E-state index in [-0.39, 0.29) is 12.2 Å². The monoisotopic (exact) mass is 516 g/mol. The minimum Gasteiger partial charge on any atom is -0.494 e. The van der Waals surface area contributed by atoms with Crippen LogP contribution in [0.1, 0.15) is 35.9 Å². The molecule has 0 N–H and O–H groups in total. The molecule has 0 saturated heterocycles. The van der Waals surface area contributed by atoms with Crippen molar-refractivity contribution in [3.8, 4) is 5.75 Å². The van der Waals surface area contributed by atoms with Gasteiger partial charge in [0.2, 0.25) is 0 Å². The lowest BCUT2D eigenvalue weighted by molar-refractivity contribution is -0.138. The Bertz CT molecular complexity index is 1580. The second-order valence-electron chi connectivity index (χ2n) is 7.95. The van der Waals surface area contributed by atoms with Crippen molar-refractivity contribution in [2.24, 2.45) is 4.99 Å². The smallest absolute Gasteiger partial charge is 0.338 e. The number of thiophene rings is 1. The van der Waals surface area contributed by atoms with Gasteiger partial charge in [-0.2, -0.15) is 0 Å². The molecule has 0 saturated carbocycles. The zero-order chi connectivity index (χ0) is 25.1. The van der Waals surface area contributed by atoms with Gasteiger partial charge in [-0.1, -0.05) is 59.9 Å². The molecule has 5 rings (SSSR count). The maximum atomic E-state index is 13.7. The Kier molecular flexibility index (Phi) is 6.97. The van der Waals surface area contributed by atoms with Crippen molar-refractivity contribution in [3.63, 3.8) is 0 Å². The molecule has 0 radical (unpaired) electrons. The Balaban J connectivity index is 1.80.